The summed E-state index contributed by atoms with van der Waals surface area (Å²) in [4.78, 5) is 29.3. The lowest BCUT2D eigenvalue weighted by Gasteiger charge is -2.04. The fourth-order valence-corrected chi connectivity index (χ4v) is 0.742. The first kappa shape index (κ1) is 13.6. The van der Waals surface area contributed by atoms with Crippen molar-refractivity contribution in [2.45, 2.75) is 6.92 Å². The zero-order chi connectivity index (χ0) is 12.7. The molecule has 1 aromatic rings. The number of benzene rings is 1. The first-order valence-corrected chi connectivity index (χ1v) is 4.05. The SMILES string of the molecule is CC(=O)[O-].O=C([O-])c1ccc(C(=O)[O-])cc1. The molecule has 0 aliphatic rings. The van der Waals surface area contributed by atoms with Crippen LogP contribution < -0.4 is 15.3 Å². The van der Waals surface area contributed by atoms with E-state index in [1.165, 1.54) is 0 Å². The minimum Gasteiger partial charge on any atom is -0.550 e. The maximum atomic E-state index is 10.2. The molecule has 1 aromatic carbocycles. The molecule has 0 amide bonds. The summed E-state index contributed by atoms with van der Waals surface area (Å²) in [7, 11) is 0. The smallest absolute Gasteiger partial charge is 0.0715 e. The van der Waals surface area contributed by atoms with Crippen LogP contribution in [0.3, 0.4) is 0 Å². The summed E-state index contributed by atoms with van der Waals surface area (Å²) < 4.78 is 0. The predicted octanol–water partition coefficient (Wildman–Crippen LogP) is -2.83. The third kappa shape index (κ3) is 5.38. The molecule has 6 heteroatoms. The lowest BCUT2D eigenvalue weighted by molar-refractivity contribution is -0.302. The Morgan fingerprint density at radius 1 is 0.812 bits per heavy atom. The van der Waals surface area contributed by atoms with Crippen molar-refractivity contribution >= 4 is 17.9 Å². The van der Waals surface area contributed by atoms with Crippen LogP contribution in [0.4, 0.5) is 0 Å². The quantitative estimate of drug-likeness (QED) is 0.532. The third-order valence-corrected chi connectivity index (χ3v) is 1.36. The van der Waals surface area contributed by atoms with Gasteiger partial charge in [0.2, 0.25) is 0 Å². The van der Waals surface area contributed by atoms with Crippen molar-refractivity contribution in [1.29, 1.82) is 0 Å². The molecule has 0 aliphatic carbocycles. The Balaban J connectivity index is 0.000000487. The van der Waals surface area contributed by atoms with Gasteiger partial charge in [-0.25, -0.2) is 0 Å². The average molecular weight is 223 g/mol. The Bertz CT molecular complexity index is 355. The van der Waals surface area contributed by atoms with E-state index in [9.17, 15) is 19.8 Å². The number of rotatable bonds is 2. The van der Waals surface area contributed by atoms with Crippen LogP contribution in [0.25, 0.3) is 0 Å². The van der Waals surface area contributed by atoms with Gasteiger partial charge in [-0.2, -0.15) is 0 Å². The van der Waals surface area contributed by atoms with E-state index < -0.39 is 17.9 Å². The van der Waals surface area contributed by atoms with Crippen LogP contribution in [0.2, 0.25) is 0 Å². The van der Waals surface area contributed by atoms with Gasteiger partial charge in [0.1, 0.15) is 0 Å². The van der Waals surface area contributed by atoms with Gasteiger partial charge in [0.15, 0.2) is 0 Å². The molecule has 16 heavy (non-hydrogen) atoms. The van der Waals surface area contributed by atoms with E-state index >= 15 is 0 Å². The highest BCUT2D eigenvalue weighted by atomic mass is 16.4. The molecule has 0 aliphatic heterocycles. The zero-order valence-electron chi connectivity index (χ0n) is 8.26. The molecule has 0 heterocycles. The normalized spacial score (nSPS) is 8.56. The molecule has 0 radical (unpaired) electrons. The lowest BCUT2D eigenvalue weighted by Crippen LogP contribution is -2.24. The summed E-state index contributed by atoms with van der Waals surface area (Å²) in [5.41, 5.74) is -0.111. The van der Waals surface area contributed by atoms with Crippen LogP contribution in [0.15, 0.2) is 24.3 Å². The average Bonchev–Trinajstić information content (AvgIpc) is 2.17. The van der Waals surface area contributed by atoms with Gasteiger partial charge >= 0.3 is 0 Å². The number of hydrogen-bond acceptors (Lipinski definition) is 6. The van der Waals surface area contributed by atoms with Crippen molar-refractivity contribution in [2.75, 3.05) is 0 Å². The van der Waals surface area contributed by atoms with Gasteiger partial charge < -0.3 is 29.7 Å². The topological polar surface area (TPSA) is 120 Å². The number of hydrogen-bond donors (Lipinski definition) is 0. The second-order valence-electron chi connectivity index (χ2n) is 2.64. The van der Waals surface area contributed by atoms with Gasteiger partial charge in [-0.05, 0) is 18.1 Å². The predicted molar refractivity (Wildman–Crippen MR) is 45.8 cm³/mol. The van der Waals surface area contributed by atoms with E-state index in [0.717, 1.165) is 31.2 Å². The summed E-state index contributed by atoms with van der Waals surface area (Å²) >= 11 is 0. The van der Waals surface area contributed by atoms with Crippen molar-refractivity contribution < 1.29 is 29.7 Å². The zero-order valence-corrected chi connectivity index (χ0v) is 8.26. The number of carbonyl (C=O) groups excluding carboxylic acids is 3. The molecule has 0 aromatic heterocycles. The number of carboxylic acid groups (broad SMARTS) is 3. The van der Waals surface area contributed by atoms with Crippen molar-refractivity contribution in [3.8, 4) is 0 Å². The summed E-state index contributed by atoms with van der Waals surface area (Å²) in [5, 5.41) is 29.3. The Morgan fingerprint density at radius 3 is 1.12 bits per heavy atom. The molecule has 6 nitrogen and oxygen atoms in total. The van der Waals surface area contributed by atoms with E-state index in [2.05, 4.69) is 0 Å². The highest BCUT2D eigenvalue weighted by Gasteiger charge is 1.94. The molecule has 0 bridgehead atoms. The van der Waals surface area contributed by atoms with Gasteiger partial charge in [-0.1, -0.05) is 24.3 Å². The molecule has 1 rings (SSSR count). The maximum absolute atomic E-state index is 10.2. The van der Waals surface area contributed by atoms with Gasteiger partial charge in [0.25, 0.3) is 0 Å². The molecule has 0 N–H and O–H groups in total. The van der Waals surface area contributed by atoms with Crippen molar-refractivity contribution in [2.24, 2.45) is 0 Å². The second-order valence-corrected chi connectivity index (χ2v) is 2.64. The Kier molecular flexibility index (Phi) is 5.26. The minimum absolute atomic E-state index is 0.0556. The molecule has 0 atom stereocenters. The van der Waals surface area contributed by atoms with Crippen LogP contribution in [-0.4, -0.2) is 17.9 Å². The first-order valence-electron chi connectivity index (χ1n) is 4.05. The number of aromatic carboxylic acids is 2. The fourth-order valence-electron chi connectivity index (χ4n) is 0.742. The highest BCUT2D eigenvalue weighted by molar-refractivity contribution is 5.89. The number of aliphatic carboxylic acids is 1. The summed E-state index contributed by atoms with van der Waals surface area (Å²) in [5.74, 6) is -3.75. The van der Waals surface area contributed by atoms with Crippen molar-refractivity contribution in [3.63, 3.8) is 0 Å². The molecule has 0 fully saturated rings. The van der Waals surface area contributed by atoms with Gasteiger partial charge in [0, 0.05) is 5.97 Å². The Labute approximate surface area is 90.8 Å². The molecule has 86 valence electrons. The van der Waals surface area contributed by atoms with Crippen LogP contribution in [0, 0.1) is 0 Å². The molecule has 0 saturated heterocycles. The van der Waals surface area contributed by atoms with E-state index in [-0.39, 0.29) is 11.1 Å². The molecular weight excluding hydrogens is 216 g/mol. The second kappa shape index (κ2) is 6.18. The lowest BCUT2D eigenvalue weighted by atomic mass is 10.1. The molecule has 0 unspecified atom stereocenters. The van der Waals surface area contributed by atoms with Crippen LogP contribution in [-0.2, 0) is 4.79 Å². The standard InChI is InChI=1S/C8H6O4.C2H4O2/c9-7(10)5-1-2-6(4-3-5)8(11)12;1-2(3)4/h1-4H,(H,9,10)(H,11,12);1H3,(H,3,4)/p-3. The summed E-state index contributed by atoms with van der Waals surface area (Å²) in [6, 6.07) is 4.61. The van der Waals surface area contributed by atoms with Crippen molar-refractivity contribution in [1.82, 2.24) is 0 Å². The van der Waals surface area contributed by atoms with Crippen molar-refractivity contribution in [3.05, 3.63) is 35.4 Å². The van der Waals surface area contributed by atoms with E-state index in [1.54, 1.807) is 0 Å². The minimum atomic E-state index is -1.33. The van der Waals surface area contributed by atoms with Gasteiger partial charge in [-0.15, -0.1) is 0 Å². The van der Waals surface area contributed by atoms with E-state index in [1.807, 2.05) is 0 Å². The summed E-state index contributed by atoms with van der Waals surface area (Å²) in [6.45, 7) is 0.972. The van der Waals surface area contributed by atoms with E-state index in [0.29, 0.717) is 0 Å². The highest BCUT2D eigenvalue weighted by Crippen LogP contribution is 2.01. The fraction of sp³-hybridized carbons (Fsp3) is 0.100. The third-order valence-electron chi connectivity index (χ3n) is 1.36. The number of carboxylic acids is 3. The monoisotopic (exact) mass is 223 g/mol. The molecule has 0 spiro atoms. The van der Waals surface area contributed by atoms with Crippen LogP contribution in [0.1, 0.15) is 27.6 Å². The van der Waals surface area contributed by atoms with Gasteiger partial charge in [-0.3, -0.25) is 0 Å². The molecule has 0 saturated carbocycles. The largest absolute Gasteiger partial charge is 0.550 e. The maximum Gasteiger partial charge on any atom is 0.0715 e. The number of carbonyl (C=O) groups is 3. The van der Waals surface area contributed by atoms with E-state index in [4.69, 9.17) is 9.90 Å². The summed E-state index contributed by atoms with van der Waals surface area (Å²) in [6.07, 6.45) is 0. The molecular formula is C10H7O6-3. The Hall–Kier alpha value is -2.37. The van der Waals surface area contributed by atoms with Crippen LogP contribution in [0.5, 0.6) is 0 Å². The Morgan fingerprint density at radius 2 is 1.00 bits per heavy atom. The van der Waals surface area contributed by atoms with Crippen LogP contribution >= 0.6 is 0 Å². The first-order chi connectivity index (χ1) is 7.34. The van der Waals surface area contributed by atoms with Gasteiger partial charge in [0.05, 0.1) is 11.9 Å².